The topological polar surface area (TPSA) is 92.5 Å². The molecule has 0 radical (unpaired) electrons. The van der Waals surface area contributed by atoms with Crippen LogP contribution in [-0.2, 0) is 6.42 Å². The van der Waals surface area contributed by atoms with Crippen LogP contribution in [0.15, 0.2) is 18.2 Å². The number of thiophene rings is 1. The van der Waals surface area contributed by atoms with Crippen molar-refractivity contribution in [3.05, 3.63) is 33.6 Å². The lowest BCUT2D eigenvalue weighted by molar-refractivity contribution is 0.0920. The number of nitrogens with zero attached hydrogens (tertiary/aromatic N) is 2. The number of amides is 1. The molecule has 2 aliphatic heterocycles. The molecule has 7 nitrogen and oxygen atoms in total. The van der Waals surface area contributed by atoms with Crippen LogP contribution in [0.25, 0.3) is 9.53 Å². The maximum atomic E-state index is 12.8. The molecule has 1 saturated heterocycles. The zero-order valence-corrected chi connectivity index (χ0v) is 17.8. The number of fused-ring (bicyclic) bond motifs is 2. The van der Waals surface area contributed by atoms with E-state index in [-0.39, 0.29) is 11.9 Å². The smallest absolute Gasteiger partial charge is 0.263 e. The fourth-order valence-corrected chi connectivity index (χ4v) is 5.99. The third-order valence-corrected chi connectivity index (χ3v) is 7.60. The molecule has 4 N–H and O–H groups in total. The van der Waals surface area contributed by atoms with Crippen molar-refractivity contribution in [2.45, 2.75) is 19.4 Å². The molecule has 1 atom stereocenters. The Bertz CT molecular complexity index is 1070. The number of anilines is 2. The molecule has 2 aromatic heterocycles. The van der Waals surface area contributed by atoms with E-state index >= 15 is 0 Å². The molecular formula is C20H23N5O2S2. The van der Waals surface area contributed by atoms with Gasteiger partial charge >= 0.3 is 0 Å². The Labute approximate surface area is 176 Å². The van der Waals surface area contributed by atoms with E-state index in [2.05, 4.69) is 38.7 Å². The van der Waals surface area contributed by atoms with E-state index in [1.54, 1.807) is 0 Å². The second kappa shape index (κ2) is 7.47. The highest BCUT2D eigenvalue weighted by Gasteiger charge is 2.26. The van der Waals surface area contributed by atoms with Crippen LogP contribution in [-0.4, -0.2) is 49.7 Å². The molecule has 1 amide bonds. The Kier molecular flexibility index (Phi) is 4.81. The molecule has 0 bridgehead atoms. The molecule has 5 rings (SSSR count). The highest BCUT2D eigenvalue weighted by Crippen LogP contribution is 2.37. The van der Waals surface area contributed by atoms with Crippen molar-refractivity contribution < 1.29 is 9.53 Å². The fraction of sp³-hybridized carbons (Fsp3) is 0.400. The van der Waals surface area contributed by atoms with Gasteiger partial charge < -0.3 is 26.0 Å². The number of ether oxygens (including phenoxy) is 1. The summed E-state index contributed by atoms with van der Waals surface area (Å²) in [4.78, 5) is 21.0. The van der Waals surface area contributed by atoms with Gasteiger partial charge in [-0.3, -0.25) is 4.79 Å². The van der Waals surface area contributed by atoms with E-state index in [4.69, 9.17) is 10.5 Å². The first-order valence-corrected chi connectivity index (χ1v) is 11.4. The Morgan fingerprint density at radius 3 is 2.97 bits per heavy atom. The Balaban J connectivity index is 1.28. The van der Waals surface area contributed by atoms with Crippen molar-refractivity contribution in [1.82, 2.24) is 15.6 Å². The second-order valence-corrected chi connectivity index (χ2v) is 9.63. The van der Waals surface area contributed by atoms with E-state index in [1.807, 2.05) is 6.92 Å². The van der Waals surface area contributed by atoms with Crippen molar-refractivity contribution in [2.75, 3.05) is 43.4 Å². The van der Waals surface area contributed by atoms with Crippen molar-refractivity contribution >= 4 is 49.5 Å². The van der Waals surface area contributed by atoms with Gasteiger partial charge in [0.15, 0.2) is 0 Å². The second-order valence-electron chi connectivity index (χ2n) is 7.43. The molecule has 0 unspecified atom stereocenters. The van der Waals surface area contributed by atoms with Crippen LogP contribution in [0.1, 0.15) is 20.2 Å². The summed E-state index contributed by atoms with van der Waals surface area (Å²) < 4.78 is 6.90. The number of thiazole rings is 1. The first-order chi connectivity index (χ1) is 14.1. The Morgan fingerprint density at radius 2 is 2.17 bits per heavy atom. The molecule has 2 aliphatic rings. The molecule has 1 aromatic carbocycles. The molecule has 152 valence electrons. The molecule has 4 heterocycles. The third kappa shape index (κ3) is 3.54. The number of hydrogen-bond donors (Lipinski definition) is 3. The van der Waals surface area contributed by atoms with E-state index in [9.17, 15) is 4.79 Å². The Hall–Kier alpha value is -2.36. The van der Waals surface area contributed by atoms with E-state index in [0.717, 1.165) is 58.5 Å². The van der Waals surface area contributed by atoms with Crippen LogP contribution in [0.5, 0.6) is 5.75 Å². The number of aryl methyl sites for hydroxylation is 1. The van der Waals surface area contributed by atoms with Crippen molar-refractivity contribution in [3.8, 4) is 5.75 Å². The largest absolute Gasteiger partial charge is 0.491 e. The van der Waals surface area contributed by atoms with Crippen LogP contribution < -0.4 is 26.0 Å². The Morgan fingerprint density at radius 1 is 1.34 bits per heavy atom. The van der Waals surface area contributed by atoms with Gasteiger partial charge in [0.25, 0.3) is 5.91 Å². The summed E-state index contributed by atoms with van der Waals surface area (Å²) in [6, 6.07) is 6.32. The maximum Gasteiger partial charge on any atom is 0.263 e. The number of rotatable bonds is 3. The molecule has 1 fully saturated rings. The standard InChI is InChI=1S/C20H23N5O2S2/c1-11-23-20-18(28-11)16(21)17(29-20)19(26)24-13-8-12-2-3-14(9-15(12)27-10-13)25-6-4-22-5-7-25/h2-3,9,13,22H,4-8,10,21H2,1H3,(H,24,26)/t13-/m0/s1. The van der Waals surface area contributed by atoms with Crippen LogP contribution >= 0.6 is 22.7 Å². The van der Waals surface area contributed by atoms with Crippen LogP contribution in [0, 0.1) is 6.92 Å². The van der Waals surface area contributed by atoms with Crippen LogP contribution in [0.2, 0.25) is 0 Å². The molecule has 9 heteroatoms. The number of nitrogens with two attached hydrogens (primary N) is 1. The predicted octanol–water partition coefficient (Wildman–Crippen LogP) is 2.39. The van der Waals surface area contributed by atoms with Crippen LogP contribution in [0.4, 0.5) is 11.4 Å². The zero-order valence-electron chi connectivity index (χ0n) is 16.2. The summed E-state index contributed by atoms with van der Waals surface area (Å²) >= 11 is 2.88. The summed E-state index contributed by atoms with van der Waals surface area (Å²) in [7, 11) is 0. The molecule has 0 spiro atoms. The zero-order chi connectivity index (χ0) is 20.0. The maximum absolute atomic E-state index is 12.8. The van der Waals surface area contributed by atoms with E-state index in [0.29, 0.717) is 17.2 Å². The normalized spacial score (nSPS) is 19.1. The minimum atomic E-state index is -0.148. The number of hydrogen-bond acceptors (Lipinski definition) is 8. The molecule has 0 aliphatic carbocycles. The van der Waals surface area contributed by atoms with Crippen molar-refractivity contribution in [2.24, 2.45) is 0 Å². The number of piperazine rings is 1. The molecular weight excluding hydrogens is 406 g/mol. The lowest BCUT2D eigenvalue weighted by Crippen LogP contribution is -2.44. The predicted molar refractivity (Wildman–Crippen MR) is 119 cm³/mol. The summed E-state index contributed by atoms with van der Waals surface area (Å²) in [5, 5.41) is 7.42. The van der Waals surface area contributed by atoms with Gasteiger partial charge in [-0.05, 0) is 25.0 Å². The number of carbonyl (C=O) groups is 1. The van der Waals surface area contributed by atoms with E-state index in [1.165, 1.54) is 28.4 Å². The highest BCUT2D eigenvalue weighted by atomic mass is 32.1. The van der Waals surface area contributed by atoms with Crippen molar-refractivity contribution in [3.63, 3.8) is 0 Å². The lowest BCUT2D eigenvalue weighted by Gasteiger charge is -2.31. The monoisotopic (exact) mass is 429 g/mol. The minimum Gasteiger partial charge on any atom is -0.491 e. The van der Waals surface area contributed by atoms with Gasteiger partial charge in [-0.15, -0.1) is 22.7 Å². The van der Waals surface area contributed by atoms with Gasteiger partial charge in [0, 0.05) is 37.9 Å². The number of nitrogen functional groups attached to an aromatic ring is 1. The van der Waals surface area contributed by atoms with Crippen LogP contribution in [0.3, 0.4) is 0 Å². The minimum absolute atomic E-state index is 0.0748. The van der Waals surface area contributed by atoms with Gasteiger partial charge in [0.05, 0.1) is 21.4 Å². The third-order valence-electron chi connectivity index (χ3n) is 5.37. The molecule has 3 aromatic rings. The van der Waals surface area contributed by atoms with Gasteiger partial charge in [-0.25, -0.2) is 4.98 Å². The summed E-state index contributed by atoms with van der Waals surface area (Å²) in [6.45, 7) is 6.42. The number of aromatic nitrogens is 1. The van der Waals surface area contributed by atoms with E-state index < -0.39 is 0 Å². The van der Waals surface area contributed by atoms with Gasteiger partial charge in [0.2, 0.25) is 0 Å². The average molecular weight is 430 g/mol. The highest BCUT2D eigenvalue weighted by molar-refractivity contribution is 7.29. The van der Waals surface area contributed by atoms with Crippen molar-refractivity contribution in [1.29, 1.82) is 0 Å². The summed E-state index contributed by atoms with van der Waals surface area (Å²) in [6.07, 6.45) is 0.750. The SMILES string of the molecule is Cc1nc2sc(C(=O)N[C@@H]3COc4cc(N5CCNCC5)ccc4C3)c(N)c2s1. The first-order valence-electron chi connectivity index (χ1n) is 9.76. The number of benzene rings is 1. The first kappa shape index (κ1) is 18.7. The number of carbonyl (C=O) groups excluding carboxylic acids is 1. The summed E-state index contributed by atoms with van der Waals surface area (Å²) in [5.74, 6) is 0.771. The fourth-order valence-electron chi connectivity index (χ4n) is 3.90. The molecule has 0 saturated carbocycles. The summed E-state index contributed by atoms with van der Waals surface area (Å²) in [5.41, 5.74) is 9.05. The van der Waals surface area contributed by atoms with Gasteiger partial charge in [-0.1, -0.05) is 6.07 Å². The van der Waals surface area contributed by atoms with Gasteiger partial charge in [-0.2, -0.15) is 0 Å². The number of nitrogens with one attached hydrogen (secondary N) is 2. The lowest BCUT2D eigenvalue weighted by atomic mass is 10.0. The molecule has 29 heavy (non-hydrogen) atoms. The average Bonchev–Trinajstić information content (AvgIpc) is 3.25. The van der Waals surface area contributed by atoms with Gasteiger partial charge in [0.1, 0.15) is 22.1 Å². The quantitative estimate of drug-likeness (QED) is 0.592.